The Kier molecular flexibility index (Phi) is 4.16. The first-order valence-corrected chi connectivity index (χ1v) is 7.70. The van der Waals surface area contributed by atoms with E-state index in [1.54, 1.807) is 24.3 Å². The molecule has 2 fully saturated rings. The number of ether oxygens (including phenoxy) is 2. The molecule has 0 radical (unpaired) electrons. The van der Waals surface area contributed by atoms with Gasteiger partial charge in [-0.2, -0.15) is 0 Å². The summed E-state index contributed by atoms with van der Waals surface area (Å²) < 4.78 is 10.4. The Morgan fingerprint density at radius 2 is 1.59 bits per heavy atom. The zero-order chi connectivity index (χ0) is 15.7. The average molecular weight is 303 g/mol. The maximum absolute atomic E-state index is 12.4. The van der Waals surface area contributed by atoms with Crippen molar-refractivity contribution in [3.8, 4) is 0 Å². The van der Waals surface area contributed by atoms with Crippen molar-refractivity contribution in [3.05, 3.63) is 35.4 Å². The number of piperidine rings is 1. The van der Waals surface area contributed by atoms with Crippen molar-refractivity contribution in [3.63, 3.8) is 0 Å². The van der Waals surface area contributed by atoms with Crippen LogP contribution in [0.15, 0.2) is 24.3 Å². The van der Waals surface area contributed by atoms with Crippen LogP contribution >= 0.6 is 0 Å². The van der Waals surface area contributed by atoms with Crippen molar-refractivity contribution in [1.29, 1.82) is 0 Å². The van der Waals surface area contributed by atoms with Gasteiger partial charge in [0.15, 0.2) is 0 Å². The molecule has 5 nitrogen and oxygen atoms in total. The van der Waals surface area contributed by atoms with E-state index in [4.69, 9.17) is 9.47 Å². The van der Waals surface area contributed by atoms with Gasteiger partial charge < -0.3 is 14.4 Å². The van der Waals surface area contributed by atoms with Gasteiger partial charge in [-0.05, 0) is 32.0 Å². The molecule has 2 aliphatic heterocycles. The minimum absolute atomic E-state index is 0.0631. The summed E-state index contributed by atoms with van der Waals surface area (Å²) in [5.41, 5.74) is 0.534. The minimum Gasteiger partial charge on any atom is -0.465 e. The molecule has 0 aromatic heterocycles. The highest BCUT2D eigenvalue weighted by Gasteiger charge is 2.40. The Labute approximate surface area is 130 Å². The summed E-state index contributed by atoms with van der Waals surface area (Å²) in [5.74, 6) is -0.953. The Bertz CT molecular complexity index is 572. The third-order valence-corrected chi connectivity index (χ3v) is 4.88. The maximum atomic E-state index is 12.4. The van der Waals surface area contributed by atoms with Crippen LogP contribution in [0.5, 0.6) is 0 Å². The summed E-state index contributed by atoms with van der Waals surface area (Å²) in [6, 6.07) is 7.64. The lowest BCUT2D eigenvalue weighted by Gasteiger charge is -2.35. The Hall–Kier alpha value is -1.88. The van der Waals surface area contributed by atoms with Crippen LogP contribution in [0, 0.1) is 0 Å². The first kappa shape index (κ1) is 15.0. The second-order valence-corrected chi connectivity index (χ2v) is 6.09. The summed E-state index contributed by atoms with van der Waals surface area (Å²) in [5, 5.41) is 0. The molecule has 2 unspecified atom stereocenters. The van der Waals surface area contributed by atoms with Crippen molar-refractivity contribution < 1.29 is 19.1 Å². The van der Waals surface area contributed by atoms with Crippen molar-refractivity contribution in [2.45, 2.75) is 43.9 Å². The lowest BCUT2D eigenvalue weighted by atomic mass is 10.0. The highest BCUT2D eigenvalue weighted by molar-refractivity contribution is 6.03. The van der Waals surface area contributed by atoms with Crippen LogP contribution in [-0.2, 0) is 9.47 Å². The molecule has 1 aromatic carbocycles. The quantitative estimate of drug-likeness (QED) is 0.802. The van der Waals surface area contributed by atoms with Crippen molar-refractivity contribution in [2.75, 3.05) is 14.2 Å². The highest BCUT2D eigenvalue weighted by Crippen LogP contribution is 2.35. The third-order valence-electron chi connectivity index (χ3n) is 4.88. The summed E-state index contributed by atoms with van der Waals surface area (Å²) >= 11 is 0. The number of carbonyl (C=O) groups excluding carboxylic acids is 2. The van der Waals surface area contributed by atoms with Crippen molar-refractivity contribution in [2.24, 2.45) is 0 Å². The molecule has 2 heterocycles. The lowest BCUT2D eigenvalue weighted by molar-refractivity contribution is -0.000741. The van der Waals surface area contributed by atoms with Gasteiger partial charge in [0.2, 0.25) is 0 Å². The van der Waals surface area contributed by atoms with Crippen LogP contribution in [0.1, 0.15) is 46.4 Å². The van der Waals surface area contributed by atoms with E-state index >= 15 is 0 Å². The van der Waals surface area contributed by atoms with Gasteiger partial charge in [0, 0.05) is 24.9 Å². The van der Waals surface area contributed by atoms with Gasteiger partial charge in [-0.15, -0.1) is 0 Å². The predicted octanol–water partition coefficient (Wildman–Crippen LogP) is 2.26. The van der Waals surface area contributed by atoms with Gasteiger partial charge in [0.05, 0.1) is 18.2 Å². The zero-order valence-corrected chi connectivity index (χ0v) is 13.0. The summed E-state index contributed by atoms with van der Waals surface area (Å²) in [6.45, 7) is 0. The number of methoxy groups -OCH3 is 1. The second kappa shape index (κ2) is 6.08. The van der Waals surface area contributed by atoms with Crippen LogP contribution in [-0.4, -0.2) is 49.2 Å². The fourth-order valence-corrected chi connectivity index (χ4v) is 3.62. The molecule has 2 bridgehead atoms. The number of hydrogen-bond acceptors (Lipinski definition) is 5. The molecule has 0 aliphatic carbocycles. The molecule has 118 valence electrons. The SMILES string of the molecule is COC(=O)c1ccccc1C(=O)OC1CC2CCC(C1)N2C. The van der Waals surface area contributed by atoms with E-state index in [2.05, 4.69) is 11.9 Å². The van der Waals surface area contributed by atoms with E-state index < -0.39 is 11.9 Å². The van der Waals surface area contributed by atoms with Gasteiger partial charge in [-0.1, -0.05) is 12.1 Å². The first-order valence-electron chi connectivity index (χ1n) is 7.70. The standard InChI is InChI=1S/C17H21NO4/c1-18-11-7-8-12(18)10-13(9-11)22-17(20)15-6-4-3-5-14(15)16(19)21-2/h3-6,11-13H,7-10H2,1-2H3. The number of rotatable bonds is 3. The van der Waals surface area contributed by atoms with Crippen molar-refractivity contribution >= 4 is 11.9 Å². The molecule has 22 heavy (non-hydrogen) atoms. The van der Waals surface area contributed by atoms with Crippen LogP contribution in [0.2, 0.25) is 0 Å². The molecule has 0 saturated carbocycles. The number of nitrogens with zero attached hydrogens (tertiary/aromatic N) is 1. The molecule has 0 amide bonds. The zero-order valence-electron chi connectivity index (χ0n) is 13.0. The molecule has 0 spiro atoms. The van der Waals surface area contributed by atoms with Crippen molar-refractivity contribution in [1.82, 2.24) is 4.90 Å². The Balaban J connectivity index is 1.72. The monoisotopic (exact) mass is 303 g/mol. The third kappa shape index (κ3) is 2.73. The lowest BCUT2D eigenvalue weighted by Crippen LogP contribution is -2.43. The van der Waals surface area contributed by atoms with Gasteiger partial charge in [-0.25, -0.2) is 9.59 Å². The molecule has 2 atom stereocenters. The number of carbonyl (C=O) groups is 2. The van der Waals surface area contributed by atoms with E-state index in [9.17, 15) is 9.59 Å². The Morgan fingerprint density at radius 1 is 1.05 bits per heavy atom. The van der Waals surface area contributed by atoms with Crippen LogP contribution in [0.4, 0.5) is 0 Å². The molecular weight excluding hydrogens is 282 g/mol. The largest absolute Gasteiger partial charge is 0.465 e. The van der Waals surface area contributed by atoms with Gasteiger partial charge >= 0.3 is 11.9 Å². The molecule has 5 heteroatoms. The average Bonchev–Trinajstić information content (AvgIpc) is 2.76. The van der Waals surface area contributed by atoms with E-state index in [1.165, 1.54) is 20.0 Å². The van der Waals surface area contributed by atoms with Gasteiger partial charge in [0.1, 0.15) is 6.10 Å². The van der Waals surface area contributed by atoms with E-state index in [0.717, 1.165) is 12.8 Å². The number of esters is 2. The first-order chi connectivity index (χ1) is 10.6. The molecule has 3 rings (SSSR count). The number of hydrogen-bond donors (Lipinski definition) is 0. The van der Waals surface area contributed by atoms with Crippen LogP contribution in [0.3, 0.4) is 0 Å². The topological polar surface area (TPSA) is 55.8 Å². The minimum atomic E-state index is -0.518. The maximum Gasteiger partial charge on any atom is 0.339 e. The van der Waals surface area contributed by atoms with Gasteiger partial charge in [0.25, 0.3) is 0 Å². The molecular formula is C17H21NO4. The highest BCUT2D eigenvalue weighted by atomic mass is 16.5. The molecule has 2 aliphatic rings. The van der Waals surface area contributed by atoms with Crippen LogP contribution < -0.4 is 0 Å². The molecule has 1 aromatic rings. The fourth-order valence-electron chi connectivity index (χ4n) is 3.62. The number of benzene rings is 1. The summed E-state index contributed by atoms with van der Waals surface area (Å²) in [6.07, 6.45) is 4.03. The van der Waals surface area contributed by atoms with E-state index in [-0.39, 0.29) is 17.2 Å². The van der Waals surface area contributed by atoms with E-state index in [0.29, 0.717) is 12.1 Å². The summed E-state index contributed by atoms with van der Waals surface area (Å²) in [7, 11) is 3.45. The predicted molar refractivity (Wildman–Crippen MR) is 80.8 cm³/mol. The second-order valence-electron chi connectivity index (χ2n) is 6.09. The van der Waals surface area contributed by atoms with Crippen LogP contribution in [0.25, 0.3) is 0 Å². The smallest absolute Gasteiger partial charge is 0.339 e. The fraction of sp³-hybridized carbons (Fsp3) is 0.529. The molecule has 0 N–H and O–H groups in total. The number of fused-ring (bicyclic) bond motifs is 2. The Morgan fingerprint density at radius 3 is 2.14 bits per heavy atom. The van der Waals surface area contributed by atoms with Gasteiger partial charge in [-0.3, -0.25) is 0 Å². The normalized spacial score (nSPS) is 27.5. The molecule has 2 saturated heterocycles. The summed E-state index contributed by atoms with van der Waals surface area (Å²) in [4.78, 5) is 26.6. The van der Waals surface area contributed by atoms with E-state index in [1.807, 2.05) is 0 Å².